The van der Waals surface area contributed by atoms with E-state index in [9.17, 15) is 0 Å². The third-order valence-corrected chi connectivity index (χ3v) is 5.33. The fraction of sp³-hybridized carbons (Fsp3) is 0.286. The lowest BCUT2D eigenvalue weighted by molar-refractivity contribution is 0.310. The quantitative estimate of drug-likeness (QED) is 0.680. The highest BCUT2D eigenvalue weighted by molar-refractivity contribution is 7.80. The Morgan fingerprint density at radius 2 is 1.93 bits per heavy atom. The minimum Gasteiger partial charge on any atom is -0.352 e. The molecule has 0 unspecified atom stereocenters. The number of pyridine rings is 2. The first-order chi connectivity index (χ1) is 13.1. The molecule has 0 aromatic carbocycles. The molecule has 1 fully saturated rings. The predicted molar refractivity (Wildman–Crippen MR) is 110 cm³/mol. The van der Waals surface area contributed by atoms with Crippen LogP contribution in [0.1, 0.15) is 48.8 Å². The summed E-state index contributed by atoms with van der Waals surface area (Å²) in [6.07, 6.45) is 9.84. The summed E-state index contributed by atoms with van der Waals surface area (Å²) in [6.45, 7) is 5.10. The highest BCUT2D eigenvalue weighted by atomic mass is 32.1. The molecule has 4 heterocycles. The number of thiocarbonyl (C=S) groups is 1. The molecule has 4 rings (SSSR count). The Morgan fingerprint density at radius 3 is 2.59 bits per heavy atom. The first kappa shape index (κ1) is 17.7. The first-order valence-electron chi connectivity index (χ1n) is 9.18. The van der Waals surface area contributed by atoms with Gasteiger partial charge in [0.15, 0.2) is 5.11 Å². The number of hydrogen-bond donors (Lipinski definition) is 1. The molecule has 0 spiro atoms. The monoisotopic (exact) mass is 377 g/mol. The van der Waals surface area contributed by atoms with Crippen molar-refractivity contribution < 1.29 is 0 Å². The number of aromatic nitrogens is 3. The van der Waals surface area contributed by atoms with E-state index < -0.39 is 0 Å². The van der Waals surface area contributed by atoms with E-state index >= 15 is 0 Å². The third-order valence-electron chi connectivity index (χ3n) is 4.98. The highest BCUT2D eigenvalue weighted by Gasteiger charge is 2.40. The molecule has 3 aromatic heterocycles. The van der Waals surface area contributed by atoms with Crippen LogP contribution in [0.25, 0.3) is 0 Å². The van der Waals surface area contributed by atoms with Crippen LogP contribution in [0.2, 0.25) is 0 Å². The fourth-order valence-electron chi connectivity index (χ4n) is 3.55. The molecular weight excluding hydrogens is 354 g/mol. The van der Waals surface area contributed by atoms with E-state index in [0.29, 0.717) is 6.04 Å². The third kappa shape index (κ3) is 3.57. The predicted octanol–water partition coefficient (Wildman–Crippen LogP) is 4.03. The molecule has 0 bridgehead atoms. The van der Waals surface area contributed by atoms with Crippen molar-refractivity contribution in [2.45, 2.75) is 38.5 Å². The van der Waals surface area contributed by atoms with E-state index in [0.717, 1.165) is 17.4 Å². The lowest BCUT2D eigenvalue weighted by Gasteiger charge is -2.27. The summed E-state index contributed by atoms with van der Waals surface area (Å²) in [5.41, 5.74) is 3.42. The van der Waals surface area contributed by atoms with Gasteiger partial charge in [-0.1, -0.05) is 6.07 Å². The maximum Gasteiger partial charge on any atom is 0.170 e. The Morgan fingerprint density at radius 1 is 1.11 bits per heavy atom. The molecule has 1 aliphatic heterocycles. The van der Waals surface area contributed by atoms with E-state index in [-0.39, 0.29) is 12.1 Å². The van der Waals surface area contributed by atoms with Crippen LogP contribution in [0, 0.1) is 0 Å². The molecule has 0 amide bonds. The average Bonchev–Trinajstić information content (AvgIpc) is 3.29. The smallest absolute Gasteiger partial charge is 0.170 e. The second-order valence-electron chi connectivity index (χ2n) is 7.10. The lowest BCUT2D eigenvalue weighted by atomic mass is 9.99. The SMILES string of the molecule is CC(C)n1ccc([C@H]2[C@H](c3ccccn3)NC(=S)N2Cc2ccncc2)c1. The maximum absolute atomic E-state index is 5.72. The van der Waals surface area contributed by atoms with Crippen molar-refractivity contribution in [1.82, 2.24) is 24.8 Å². The van der Waals surface area contributed by atoms with E-state index in [1.807, 2.05) is 42.9 Å². The highest BCUT2D eigenvalue weighted by Crippen LogP contribution is 2.39. The molecule has 1 N–H and O–H groups in total. The summed E-state index contributed by atoms with van der Waals surface area (Å²) in [7, 11) is 0. The van der Waals surface area contributed by atoms with Crippen molar-refractivity contribution in [2.75, 3.05) is 0 Å². The Labute approximate surface area is 165 Å². The van der Waals surface area contributed by atoms with E-state index in [2.05, 4.69) is 63.1 Å². The molecule has 3 aromatic rings. The van der Waals surface area contributed by atoms with Gasteiger partial charge in [0.2, 0.25) is 0 Å². The molecule has 6 heteroatoms. The van der Waals surface area contributed by atoms with Crippen LogP contribution in [-0.4, -0.2) is 24.5 Å². The zero-order valence-electron chi connectivity index (χ0n) is 15.5. The van der Waals surface area contributed by atoms with Crippen LogP contribution in [-0.2, 0) is 6.54 Å². The van der Waals surface area contributed by atoms with Crippen molar-refractivity contribution in [2.24, 2.45) is 0 Å². The number of nitrogens with zero attached hydrogens (tertiary/aromatic N) is 4. The van der Waals surface area contributed by atoms with Crippen molar-refractivity contribution in [3.8, 4) is 0 Å². The summed E-state index contributed by atoms with van der Waals surface area (Å²) in [6, 6.07) is 12.8. The van der Waals surface area contributed by atoms with E-state index in [1.54, 1.807) is 0 Å². The van der Waals surface area contributed by atoms with Crippen LogP contribution in [0.15, 0.2) is 67.4 Å². The van der Waals surface area contributed by atoms with Crippen LogP contribution in [0.4, 0.5) is 0 Å². The van der Waals surface area contributed by atoms with Gasteiger partial charge in [0, 0.05) is 43.6 Å². The van der Waals surface area contributed by atoms with Gasteiger partial charge in [-0.15, -0.1) is 0 Å². The van der Waals surface area contributed by atoms with Crippen molar-refractivity contribution in [3.05, 3.63) is 84.2 Å². The average molecular weight is 378 g/mol. The molecule has 5 nitrogen and oxygen atoms in total. The molecule has 0 aliphatic carbocycles. The lowest BCUT2D eigenvalue weighted by Crippen LogP contribution is -2.29. The molecule has 0 saturated carbocycles. The van der Waals surface area contributed by atoms with Gasteiger partial charge in [0.05, 0.1) is 17.8 Å². The molecule has 2 atom stereocenters. The minimum absolute atomic E-state index is 0.0172. The molecule has 27 heavy (non-hydrogen) atoms. The molecular formula is C21H23N5S. The summed E-state index contributed by atoms with van der Waals surface area (Å²) >= 11 is 5.72. The Hall–Kier alpha value is -2.73. The molecule has 138 valence electrons. The summed E-state index contributed by atoms with van der Waals surface area (Å²) in [5, 5.41) is 4.25. The minimum atomic E-state index is 0.0172. The topological polar surface area (TPSA) is 46.0 Å². The van der Waals surface area contributed by atoms with E-state index in [4.69, 9.17) is 12.2 Å². The summed E-state index contributed by atoms with van der Waals surface area (Å²) in [5.74, 6) is 0. The zero-order valence-corrected chi connectivity index (χ0v) is 16.3. The first-order valence-corrected chi connectivity index (χ1v) is 9.58. The summed E-state index contributed by atoms with van der Waals surface area (Å²) < 4.78 is 2.23. The number of nitrogens with one attached hydrogen (secondary N) is 1. The number of rotatable bonds is 5. The van der Waals surface area contributed by atoms with Crippen molar-refractivity contribution >= 4 is 17.3 Å². The van der Waals surface area contributed by atoms with E-state index in [1.165, 1.54) is 11.1 Å². The van der Waals surface area contributed by atoms with Crippen molar-refractivity contribution in [3.63, 3.8) is 0 Å². The normalized spacial score (nSPS) is 19.5. The number of hydrogen-bond acceptors (Lipinski definition) is 3. The van der Waals surface area contributed by atoms with Crippen LogP contribution < -0.4 is 5.32 Å². The Kier molecular flexibility index (Phi) is 4.90. The molecule has 1 saturated heterocycles. The maximum atomic E-state index is 5.72. The van der Waals surface area contributed by atoms with Crippen LogP contribution >= 0.6 is 12.2 Å². The molecule has 1 aliphatic rings. The standard InChI is InChI=1S/C21H23N5S/c1-15(2)25-12-8-17(14-25)20-19(18-5-3-4-9-23-18)24-21(27)26(20)13-16-6-10-22-11-7-16/h3-12,14-15,19-20H,13H2,1-2H3,(H,24,27)/t19-,20-/m0/s1. The fourth-order valence-corrected chi connectivity index (χ4v) is 3.86. The van der Waals surface area contributed by atoms with Gasteiger partial charge in [-0.25, -0.2) is 0 Å². The van der Waals surface area contributed by atoms with Gasteiger partial charge in [-0.3, -0.25) is 9.97 Å². The van der Waals surface area contributed by atoms with Gasteiger partial charge < -0.3 is 14.8 Å². The van der Waals surface area contributed by atoms with Gasteiger partial charge in [0.1, 0.15) is 0 Å². The van der Waals surface area contributed by atoms with Gasteiger partial charge in [0.25, 0.3) is 0 Å². The van der Waals surface area contributed by atoms with Gasteiger partial charge >= 0.3 is 0 Å². The van der Waals surface area contributed by atoms with Crippen LogP contribution in [0.5, 0.6) is 0 Å². The Bertz CT molecular complexity index is 907. The van der Waals surface area contributed by atoms with Crippen molar-refractivity contribution in [1.29, 1.82) is 0 Å². The van der Waals surface area contributed by atoms with Crippen LogP contribution in [0.3, 0.4) is 0 Å². The van der Waals surface area contributed by atoms with Gasteiger partial charge in [-0.05, 0) is 67.5 Å². The zero-order chi connectivity index (χ0) is 18.8. The second-order valence-corrected chi connectivity index (χ2v) is 7.48. The largest absolute Gasteiger partial charge is 0.352 e. The second kappa shape index (κ2) is 7.48. The Balaban J connectivity index is 1.73. The summed E-state index contributed by atoms with van der Waals surface area (Å²) in [4.78, 5) is 11.0. The van der Waals surface area contributed by atoms with Gasteiger partial charge in [-0.2, -0.15) is 0 Å². The molecule has 0 radical (unpaired) electrons.